The molecule has 0 bridgehead atoms. The summed E-state index contributed by atoms with van der Waals surface area (Å²) >= 11 is 16.9. The zero-order valence-electron chi connectivity index (χ0n) is 10.1. The molecule has 0 atom stereocenters. The van der Waals surface area contributed by atoms with Crippen LogP contribution in [0.2, 0.25) is 10.0 Å². The van der Waals surface area contributed by atoms with E-state index in [0.717, 1.165) is 5.56 Å². The maximum absolute atomic E-state index is 6.07. The molecule has 0 fully saturated rings. The molecular weight excluding hydrogens is 301 g/mol. The summed E-state index contributed by atoms with van der Waals surface area (Å²) < 4.78 is 5.75. The second kappa shape index (κ2) is 5.78. The number of thiocarbonyl (C=S) groups is 1. The molecule has 0 saturated heterocycles. The highest BCUT2D eigenvalue weighted by Crippen LogP contribution is 2.33. The third kappa shape index (κ3) is 3.38. The molecule has 0 saturated carbocycles. The smallest absolute Gasteiger partial charge is 0.146 e. The maximum Gasteiger partial charge on any atom is 0.146 e. The van der Waals surface area contributed by atoms with Crippen LogP contribution in [0.25, 0.3) is 0 Å². The first-order chi connectivity index (χ1) is 8.97. The normalized spacial score (nSPS) is 10.3. The van der Waals surface area contributed by atoms with E-state index in [2.05, 4.69) is 0 Å². The third-order valence-corrected chi connectivity index (χ3v) is 3.26. The predicted octanol–water partition coefficient (Wildman–Crippen LogP) is 4.73. The number of hydrogen-bond donors (Lipinski definition) is 1. The van der Waals surface area contributed by atoms with Gasteiger partial charge in [0.15, 0.2) is 0 Å². The van der Waals surface area contributed by atoms with Crippen molar-refractivity contribution >= 4 is 40.4 Å². The van der Waals surface area contributed by atoms with Gasteiger partial charge in [-0.1, -0.05) is 47.0 Å². The van der Waals surface area contributed by atoms with Gasteiger partial charge in [-0.3, -0.25) is 0 Å². The SMILES string of the molecule is Cc1ccc(Oc2ccc(Cl)cc2Cl)c(C(N)=S)c1. The van der Waals surface area contributed by atoms with E-state index in [-0.39, 0.29) is 4.99 Å². The van der Waals surface area contributed by atoms with E-state index in [1.54, 1.807) is 18.2 Å². The van der Waals surface area contributed by atoms with Crippen molar-refractivity contribution < 1.29 is 4.74 Å². The van der Waals surface area contributed by atoms with Crippen molar-refractivity contribution in [2.45, 2.75) is 6.92 Å². The molecule has 0 radical (unpaired) electrons. The highest BCUT2D eigenvalue weighted by atomic mass is 35.5. The Kier molecular flexibility index (Phi) is 4.30. The maximum atomic E-state index is 6.07. The van der Waals surface area contributed by atoms with Crippen molar-refractivity contribution in [2.24, 2.45) is 5.73 Å². The summed E-state index contributed by atoms with van der Waals surface area (Å²) in [5.74, 6) is 1.08. The summed E-state index contributed by atoms with van der Waals surface area (Å²) in [6.45, 7) is 1.96. The first-order valence-corrected chi connectivity index (χ1v) is 6.67. The molecule has 2 rings (SSSR count). The molecular formula is C14H11Cl2NOS. The fourth-order valence-corrected chi connectivity index (χ4v) is 2.21. The summed E-state index contributed by atoms with van der Waals surface area (Å²) in [4.78, 5) is 0.281. The highest BCUT2D eigenvalue weighted by molar-refractivity contribution is 7.80. The van der Waals surface area contributed by atoms with E-state index in [9.17, 15) is 0 Å². The molecule has 2 aromatic carbocycles. The number of halogens is 2. The topological polar surface area (TPSA) is 35.2 Å². The summed E-state index contributed by atoms with van der Waals surface area (Å²) in [6.07, 6.45) is 0. The van der Waals surface area contributed by atoms with Gasteiger partial charge in [-0.15, -0.1) is 0 Å². The Morgan fingerprint density at radius 1 is 1.11 bits per heavy atom. The van der Waals surface area contributed by atoms with Crippen molar-refractivity contribution in [2.75, 3.05) is 0 Å². The van der Waals surface area contributed by atoms with Crippen LogP contribution in [-0.4, -0.2) is 4.99 Å². The van der Waals surface area contributed by atoms with Gasteiger partial charge in [0.1, 0.15) is 16.5 Å². The van der Waals surface area contributed by atoms with Crippen LogP contribution in [0.1, 0.15) is 11.1 Å². The monoisotopic (exact) mass is 311 g/mol. The number of nitrogens with two attached hydrogens (primary N) is 1. The fraction of sp³-hybridized carbons (Fsp3) is 0.0714. The van der Waals surface area contributed by atoms with Crippen LogP contribution in [0.5, 0.6) is 11.5 Å². The second-order valence-corrected chi connectivity index (χ2v) is 5.32. The number of benzene rings is 2. The molecule has 5 heteroatoms. The van der Waals surface area contributed by atoms with Gasteiger partial charge in [0.25, 0.3) is 0 Å². The van der Waals surface area contributed by atoms with Gasteiger partial charge in [-0.25, -0.2) is 0 Å². The van der Waals surface area contributed by atoms with E-state index < -0.39 is 0 Å². The second-order valence-electron chi connectivity index (χ2n) is 4.04. The summed E-state index contributed by atoms with van der Waals surface area (Å²) in [7, 11) is 0. The predicted molar refractivity (Wildman–Crippen MR) is 83.6 cm³/mol. The zero-order chi connectivity index (χ0) is 14.0. The molecule has 0 spiro atoms. The van der Waals surface area contributed by atoms with Crippen LogP contribution in [0.4, 0.5) is 0 Å². The van der Waals surface area contributed by atoms with Crippen molar-refractivity contribution in [1.29, 1.82) is 0 Å². The van der Waals surface area contributed by atoms with Crippen molar-refractivity contribution in [1.82, 2.24) is 0 Å². The quantitative estimate of drug-likeness (QED) is 0.832. The van der Waals surface area contributed by atoms with Crippen LogP contribution in [0.15, 0.2) is 36.4 Å². The molecule has 0 amide bonds. The van der Waals surface area contributed by atoms with E-state index in [1.165, 1.54) is 0 Å². The molecule has 2 nitrogen and oxygen atoms in total. The van der Waals surface area contributed by atoms with Gasteiger partial charge in [0.05, 0.1) is 10.6 Å². The summed E-state index contributed by atoms with van der Waals surface area (Å²) in [6, 6.07) is 10.6. The van der Waals surface area contributed by atoms with Crippen molar-refractivity contribution in [3.8, 4) is 11.5 Å². The molecule has 0 aliphatic carbocycles. The Balaban J connectivity index is 2.40. The lowest BCUT2D eigenvalue weighted by atomic mass is 10.1. The van der Waals surface area contributed by atoms with Crippen LogP contribution in [-0.2, 0) is 0 Å². The summed E-state index contributed by atoms with van der Waals surface area (Å²) in [5, 5.41) is 0.984. The Morgan fingerprint density at radius 3 is 2.42 bits per heavy atom. The number of aryl methyl sites for hydroxylation is 1. The average Bonchev–Trinajstić information content (AvgIpc) is 2.34. The Labute approximate surface area is 127 Å². The minimum atomic E-state index is 0.281. The van der Waals surface area contributed by atoms with Gasteiger partial charge >= 0.3 is 0 Å². The van der Waals surface area contributed by atoms with E-state index in [1.807, 2.05) is 25.1 Å². The van der Waals surface area contributed by atoms with Crippen LogP contribution < -0.4 is 10.5 Å². The lowest BCUT2D eigenvalue weighted by Gasteiger charge is -2.12. The standard InChI is InChI=1S/C14H11Cl2NOS/c1-8-2-4-12(10(6-8)14(17)19)18-13-5-3-9(15)7-11(13)16/h2-7H,1H3,(H2,17,19). The van der Waals surface area contributed by atoms with E-state index >= 15 is 0 Å². The molecule has 19 heavy (non-hydrogen) atoms. The first kappa shape index (κ1) is 14.1. The number of hydrogen-bond acceptors (Lipinski definition) is 2. The Bertz CT molecular complexity index is 643. The first-order valence-electron chi connectivity index (χ1n) is 5.51. The van der Waals surface area contributed by atoms with E-state index in [0.29, 0.717) is 27.1 Å². The van der Waals surface area contributed by atoms with Crippen LogP contribution >= 0.6 is 35.4 Å². The minimum Gasteiger partial charge on any atom is -0.455 e. The molecule has 0 heterocycles. The molecule has 2 aromatic rings. The van der Waals surface area contributed by atoms with Gasteiger partial charge in [0.2, 0.25) is 0 Å². The molecule has 98 valence electrons. The summed E-state index contributed by atoms with van der Waals surface area (Å²) in [5.41, 5.74) is 7.43. The number of rotatable bonds is 3. The average molecular weight is 312 g/mol. The van der Waals surface area contributed by atoms with Gasteiger partial charge in [-0.05, 0) is 37.3 Å². The number of ether oxygens (including phenoxy) is 1. The Morgan fingerprint density at radius 2 is 1.79 bits per heavy atom. The van der Waals surface area contributed by atoms with E-state index in [4.69, 9.17) is 45.9 Å². The highest BCUT2D eigenvalue weighted by Gasteiger charge is 2.10. The fourth-order valence-electron chi connectivity index (χ4n) is 1.60. The van der Waals surface area contributed by atoms with Gasteiger partial charge < -0.3 is 10.5 Å². The Hall–Kier alpha value is -1.29. The molecule has 0 aliphatic rings. The minimum absolute atomic E-state index is 0.281. The third-order valence-electron chi connectivity index (χ3n) is 2.51. The van der Waals surface area contributed by atoms with Gasteiger partial charge in [0, 0.05) is 5.02 Å². The molecule has 2 N–H and O–H groups in total. The van der Waals surface area contributed by atoms with Crippen LogP contribution in [0.3, 0.4) is 0 Å². The molecule has 0 unspecified atom stereocenters. The molecule has 0 aromatic heterocycles. The van der Waals surface area contributed by atoms with Crippen molar-refractivity contribution in [3.63, 3.8) is 0 Å². The van der Waals surface area contributed by atoms with Crippen molar-refractivity contribution in [3.05, 3.63) is 57.6 Å². The van der Waals surface area contributed by atoms with Crippen LogP contribution in [0, 0.1) is 6.92 Å². The lowest BCUT2D eigenvalue weighted by Crippen LogP contribution is -2.11. The van der Waals surface area contributed by atoms with Gasteiger partial charge in [-0.2, -0.15) is 0 Å². The lowest BCUT2D eigenvalue weighted by molar-refractivity contribution is 0.482. The zero-order valence-corrected chi connectivity index (χ0v) is 12.4. The largest absolute Gasteiger partial charge is 0.455 e. The molecule has 0 aliphatic heterocycles.